The van der Waals surface area contributed by atoms with Gasteiger partial charge in [0, 0.05) is 13.0 Å². The van der Waals surface area contributed by atoms with Gasteiger partial charge in [-0.2, -0.15) is 5.10 Å². The fourth-order valence-electron chi connectivity index (χ4n) is 2.25. The maximum absolute atomic E-state index is 10.9. The molecule has 3 heterocycles. The topological polar surface area (TPSA) is 103 Å². The van der Waals surface area contributed by atoms with Crippen molar-refractivity contribution >= 4 is 5.69 Å². The van der Waals surface area contributed by atoms with Gasteiger partial charge >= 0.3 is 5.69 Å². The smallest absolute Gasteiger partial charge is 0.309 e. The minimum atomic E-state index is -0.461. The van der Waals surface area contributed by atoms with Gasteiger partial charge in [0.25, 0.3) is 0 Å². The minimum Gasteiger partial charge on any atom is -0.309 e. The Bertz CT molecular complexity index is 587. The monoisotopic (exact) mass is 248 g/mol. The third-order valence-corrected chi connectivity index (χ3v) is 3.15. The molecule has 2 aromatic rings. The van der Waals surface area contributed by atoms with Crippen molar-refractivity contribution in [2.75, 3.05) is 0 Å². The lowest BCUT2D eigenvalue weighted by Gasteiger charge is -2.04. The van der Waals surface area contributed by atoms with E-state index in [1.54, 1.807) is 0 Å². The van der Waals surface area contributed by atoms with E-state index in [0.717, 1.165) is 38.1 Å². The van der Waals surface area contributed by atoms with Gasteiger partial charge in [0.1, 0.15) is 12.0 Å². The molecule has 0 radical (unpaired) electrons. The van der Waals surface area contributed by atoms with Crippen molar-refractivity contribution in [3.8, 4) is 11.5 Å². The number of H-pyrrole nitrogens is 1. The van der Waals surface area contributed by atoms with Crippen LogP contribution in [-0.2, 0) is 13.0 Å². The highest BCUT2D eigenvalue weighted by molar-refractivity contribution is 5.62. The molecule has 0 atom stereocenters. The second kappa shape index (κ2) is 4.21. The van der Waals surface area contributed by atoms with Crippen LogP contribution in [0.1, 0.15) is 25.1 Å². The van der Waals surface area contributed by atoms with Crippen LogP contribution < -0.4 is 0 Å². The Morgan fingerprint density at radius 3 is 3.06 bits per heavy atom. The van der Waals surface area contributed by atoms with Gasteiger partial charge in [-0.25, -0.2) is 0 Å². The summed E-state index contributed by atoms with van der Waals surface area (Å²) in [5, 5.41) is 25.4. The molecule has 8 nitrogen and oxygen atoms in total. The Kier molecular flexibility index (Phi) is 2.54. The second-order valence-corrected chi connectivity index (χ2v) is 4.29. The number of nitro groups is 1. The van der Waals surface area contributed by atoms with Crippen molar-refractivity contribution < 1.29 is 4.92 Å². The van der Waals surface area contributed by atoms with Crippen molar-refractivity contribution in [2.24, 2.45) is 0 Å². The molecule has 0 spiro atoms. The number of hydrogen-bond acceptors (Lipinski definition) is 5. The summed E-state index contributed by atoms with van der Waals surface area (Å²) in [5.74, 6) is 1.41. The first kappa shape index (κ1) is 10.9. The van der Waals surface area contributed by atoms with Gasteiger partial charge in [-0.05, 0) is 12.8 Å². The molecule has 18 heavy (non-hydrogen) atoms. The van der Waals surface area contributed by atoms with E-state index < -0.39 is 4.92 Å². The summed E-state index contributed by atoms with van der Waals surface area (Å²) >= 11 is 0. The van der Waals surface area contributed by atoms with Crippen LogP contribution >= 0.6 is 0 Å². The van der Waals surface area contributed by atoms with Crippen LogP contribution in [0, 0.1) is 10.1 Å². The normalized spacial score (nSPS) is 15.1. The molecule has 0 saturated heterocycles. The van der Waals surface area contributed by atoms with Crippen LogP contribution in [0.3, 0.4) is 0 Å². The molecule has 0 amide bonds. The molecule has 0 aromatic carbocycles. The highest BCUT2D eigenvalue weighted by Gasteiger charge is 2.24. The van der Waals surface area contributed by atoms with Crippen molar-refractivity contribution in [3.63, 3.8) is 0 Å². The third-order valence-electron chi connectivity index (χ3n) is 3.15. The zero-order chi connectivity index (χ0) is 12.5. The first-order valence-electron chi connectivity index (χ1n) is 5.87. The maximum atomic E-state index is 10.9. The maximum Gasteiger partial charge on any atom is 0.317 e. The molecule has 1 aliphatic heterocycles. The molecule has 1 N–H and O–H groups in total. The molecular weight excluding hydrogens is 236 g/mol. The summed E-state index contributed by atoms with van der Waals surface area (Å²) in [7, 11) is 0. The molecule has 0 unspecified atom stereocenters. The molecule has 0 bridgehead atoms. The summed E-state index contributed by atoms with van der Waals surface area (Å²) in [6, 6.07) is 0. The number of aryl methyl sites for hydroxylation is 1. The molecule has 1 aliphatic rings. The third kappa shape index (κ3) is 1.66. The van der Waals surface area contributed by atoms with Crippen LogP contribution in [0.5, 0.6) is 0 Å². The van der Waals surface area contributed by atoms with Crippen molar-refractivity contribution in [2.45, 2.75) is 32.2 Å². The zero-order valence-corrected chi connectivity index (χ0v) is 9.67. The Morgan fingerprint density at radius 2 is 2.22 bits per heavy atom. The van der Waals surface area contributed by atoms with Crippen LogP contribution in [0.15, 0.2) is 6.20 Å². The summed E-state index contributed by atoms with van der Waals surface area (Å²) < 4.78 is 1.95. The lowest BCUT2D eigenvalue weighted by Crippen LogP contribution is -2.04. The van der Waals surface area contributed by atoms with E-state index >= 15 is 0 Å². The summed E-state index contributed by atoms with van der Waals surface area (Å²) in [6.45, 7) is 0.799. The van der Waals surface area contributed by atoms with E-state index in [2.05, 4.69) is 20.4 Å². The molecule has 0 aliphatic carbocycles. The van der Waals surface area contributed by atoms with E-state index in [0.29, 0.717) is 11.5 Å². The van der Waals surface area contributed by atoms with Gasteiger partial charge in [-0.1, -0.05) is 6.42 Å². The molecule has 3 rings (SSSR count). The van der Waals surface area contributed by atoms with E-state index in [-0.39, 0.29) is 5.69 Å². The summed E-state index contributed by atoms with van der Waals surface area (Å²) in [6.07, 6.45) is 5.35. The number of hydrogen-bond donors (Lipinski definition) is 1. The molecule has 0 saturated carbocycles. The fourth-order valence-corrected chi connectivity index (χ4v) is 2.25. The average molecular weight is 248 g/mol. The van der Waals surface area contributed by atoms with Crippen LogP contribution in [0.2, 0.25) is 0 Å². The van der Waals surface area contributed by atoms with Crippen LogP contribution in [-0.4, -0.2) is 29.9 Å². The summed E-state index contributed by atoms with van der Waals surface area (Å²) in [5.41, 5.74) is 0.273. The van der Waals surface area contributed by atoms with E-state index in [4.69, 9.17) is 0 Å². The van der Waals surface area contributed by atoms with Gasteiger partial charge in [0.05, 0.1) is 4.92 Å². The van der Waals surface area contributed by atoms with Gasteiger partial charge in [0.2, 0.25) is 0 Å². The Morgan fingerprint density at radius 1 is 1.33 bits per heavy atom. The van der Waals surface area contributed by atoms with Gasteiger partial charge in [-0.3, -0.25) is 15.2 Å². The zero-order valence-electron chi connectivity index (χ0n) is 9.67. The number of nitrogens with one attached hydrogen (secondary N) is 1. The fraction of sp³-hybridized carbons (Fsp3) is 0.500. The predicted molar refractivity (Wildman–Crippen MR) is 61.8 cm³/mol. The van der Waals surface area contributed by atoms with Gasteiger partial charge in [0.15, 0.2) is 11.5 Å². The molecule has 0 fully saturated rings. The largest absolute Gasteiger partial charge is 0.317 e. The Labute approximate surface area is 102 Å². The van der Waals surface area contributed by atoms with E-state index in [1.165, 1.54) is 6.20 Å². The lowest BCUT2D eigenvalue weighted by atomic mass is 10.2. The van der Waals surface area contributed by atoms with Crippen molar-refractivity contribution in [3.05, 3.63) is 22.1 Å². The second-order valence-electron chi connectivity index (χ2n) is 4.29. The molecule has 2 aromatic heterocycles. The molecular formula is C10H12N6O2. The van der Waals surface area contributed by atoms with E-state index in [9.17, 15) is 10.1 Å². The Hall–Kier alpha value is -2.25. The molecule has 94 valence electrons. The molecule has 8 heteroatoms. The van der Waals surface area contributed by atoms with Gasteiger partial charge < -0.3 is 4.57 Å². The highest BCUT2D eigenvalue weighted by atomic mass is 16.6. The number of aromatic amines is 1. The standard InChI is InChI=1S/C10H12N6O2/c17-16(18)7-6-11-13-9(7)10-14-12-8-4-2-1-3-5-15(8)10/h6H,1-5H2,(H,11,13). The quantitative estimate of drug-likeness (QED) is 0.637. The van der Waals surface area contributed by atoms with E-state index in [1.807, 2.05) is 4.57 Å². The number of nitrogens with zero attached hydrogens (tertiary/aromatic N) is 5. The lowest BCUT2D eigenvalue weighted by molar-refractivity contribution is -0.384. The van der Waals surface area contributed by atoms with Gasteiger partial charge in [-0.15, -0.1) is 10.2 Å². The SMILES string of the molecule is O=[N+]([O-])c1cn[nH]c1-c1nnc2n1CCCCC2. The van der Waals surface area contributed by atoms with Crippen molar-refractivity contribution in [1.29, 1.82) is 0 Å². The first-order valence-corrected chi connectivity index (χ1v) is 5.87. The predicted octanol–water partition coefficient (Wildman–Crippen LogP) is 1.30. The average Bonchev–Trinajstić information content (AvgIpc) is 2.90. The summed E-state index contributed by atoms with van der Waals surface area (Å²) in [4.78, 5) is 10.4. The first-order chi connectivity index (χ1) is 8.77. The Balaban J connectivity index is 2.09. The van der Waals surface area contributed by atoms with Crippen LogP contribution in [0.25, 0.3) is 11.5 Å². The highest BCUT2D eigenvalue weighted by Crippen LogP contribution is 2.27. The number of rotatable bonds is 2. The number of aromatic nitrogens is 5. The van der Waals surface area contributed by atoms with Crippen molar-refractivity contribution in [1.82, 2.24) is 25.0 Å². The minimum absolute atomic E-state index is 0.0607. The number of fused-ring (bicyclic) bond motifs is 1. The van der Waals surface area contributed by atoms with Crippen LogP contribution in [0.4, 0.5) is 5.69 Å².